The lowest BCUT2D eigenvalue weighted by atomic mass is 10.3. The van der Waals surface area contributed by atoms with Crippen molar-refractivity contribution in [2.45, 2.75) is 52.4 Å². The molecule has 0 amide bonds. The molecule has 0 aliphatic carbocycles. The lowest BCUT2D eigenvalue weighted by molar-refractivity contribution is 0.655. The SMILES string of the molecule is CCCCCSP(O)SCCCCC. The van der Waals surface area contributed by atoms with Crippen molar-refractivity contribution >= 4 is 29.3 Å². The van der Waals surface area contributed by atoms with E-state index in [4.69, 9.17) is 0 Å². The Morgan fingerprint density at radius 3 is 1.64 bits per heavy atom. The molecule has 4 heteroatoms. The second-order valence-electron chi connectivity index (χ2n) is 3.32. The summed E-state index contributed by atoms with van der Waals surface area (Å²) in [7, 11) is 0. The molecule has 0 aromatic carbocycles. The molecule has 0 radical (unpaired) electrons. The van der Waals surface area contributed by atoms with Crippen molar-refractivity contribution in [3.8, 4) is 0 Å². The normalized spacial score (nSPS) is 11.1. The minimum atomic E-state index is -0.780. The molecule has 0 bridgehead atoms. The Kier molecular flexibility index (Phi) is 13.1. The summed E-state index contributed by atoms with van der Waals surface area (Å²) in [5.41, 5.74) is 0. The Balaban J connectivity index is 3.07. The summed E-state index contributed by atoms with van der Waals surface area (Å²) in [6.07, 6.45) is 7.67. The maximum absolute atomic E-state index is 9.64. The lowest BCUT2D eigenvalue weighted by Crippen LogP contribution is -1.79. The average molecular weight is 254 g/mol. The van der Waals surface area contributed by atoms with Crippen LogP contribution in [0.3, 0.4) is 0 Å². The molecule has 0 aliphatic heterocycles. The van der Waals surface area contributed by atoms with Gasteiger partial charge in [-0.1, -0.05) is 62.3 Å². The van der Waals surface area contributed by atoms with Gasteiger partial charge in [0, 0.05) is 11.5 Å². The molecule has 0 saturated heterocycles. The van der Waals surface area contributed by atoms with Crippen LogP contribution in [-0.4, -0.2) is 16.4 Å². The van der Waals surface area contributed by atoms with Crippen LogP contribution in [0.1, 0.15) is 52.4 Å². The van der Waals surface area contributed by atoms with Crippen LogP contribution < -0.4 is 0 Å². The molecular weight excluding hydrogens is 231 g/mol. The van der Waals surface area contributed by atoms with Crippen LogP contribution in [-0.2, 0) is 0 Å². The fraction of sp³-hybridized carbons (Fsp3) is 1.00. The van der Waals surface area contributed by atoms with Gasteiger partial charge in [-0.05, 0) is 12.8 Å². The third-order valence-electron chi connectivity index (χ3n) is 1.90. The van der Waals surface area contributed by atoms with Crippen LogP contribution in [0.25, 0.3) is 0 Å². The standard InChI is InChI=1S/C10H23OPS2/c1-3-5-7-9-13-12(11)14-10-8-6-4-2/h11H,3-10H2,1-2H3. The fourth-order valence-corrected chi connectivity index (χ4v) is 6.03. The van der Waals surface area contributed by atoms with Gasteiger partial charge in [-0.15, -0.1) is 0 Å². The van der Waals surface area contributed by atoms with Gasteiger partial charge >= 0.3 is 0 Å². The summed E-state index contributed by atoms with van der Waals surface area (Å²) < 4.78 is 0. The Bertz CT molecular complexity index is 102. The Morgan fingerprint density at radius 2 is 1.29 bits per heavy atom. The summed E-state index contributed by atoms with van der Waals surface area (Å²) in [4.78, 5) is 9.64. The van der Waals surface area contributed by atoms with E-state index in [0.717, 1.165) is 11.5 Å². The van der Waals surface area contributed by atoms with Gasteiger partial charge in [-0.3, -0.25) is 0 Å². The molecular formula is C10H23OPS2. The van der Waals surface area contributed by atoms with E-state index in [-0.39, 0.29) is 0 Å². The molecule has 0 atom stereocenters. The van der Waals surface area contributed by atoms with Crippen molar-refractivity contribution in [1.82, 2.24) is 0 Å². The van der Waals surface area contributed by atoms with E-state index in [9.17, 15) is 4.89 Å². The Morgan fingerprint density at radius 1 is 0.857 bits per heavy atom. The van der Waals surface area contributed by atoms with E-state index in [0.29, 0.717) is 0 Å². The number of hydrogen-bond acceptors (Lipinski definition) is 3. The molecule has 0 aliphatic rings. The molecule has 0 fully saturated rings. The van der Waals surface area contributed by atoms with E-state index in [1.807, 2.05) is 0 Å². The number of hydrogen-bond donors (Lipinski definition) is 1. The number of unbranched alkanes of at least 4 members (excludes halogenated alkanes) is 4. The van der Waals surface area contributed by atoms with Gasteiger partial charge in [-0.25, -0.2) is 0 Å². The molecule has 0 saturated carbocycles. The molecule has 0 unspecified atom stereocenters. The molecule has 0 rings (SSSR count). The van der Waals surface area contributed by atoms with E-state index in [2.05, 4.69) is 13.8 Å². The summed E-state index contributed by atoms with van der Waals surface area (Å²) in [5.74, 6) is 2.27. The predicted octanol–water partition coefficient (Wildman–Crippen LogP) is 5.05. The first-order valence-corrected chi connectivity index (χ1v) is 10.0. The van der Waals surface area contributed by atoms with Crippen molar-refractivity contribution in [2.24, 2.45) is 0 Å². The third kappa shape index (κ3) is 11.2. The van der Waals surface area contributed by atoms with Crippen LogP contribution in [0.15, 0.2) is 0 Å². The molecule has 1 nitrogen and oxygen atoms in total. The fourth-order valence-electron chi connectivity index (χ4n) is 1.03. The first kappa shape index (κ1) is 15.1. The highest BCUT2D eigenvalue weighted by Gasteiger charge is 2.04. The average Bonchev–Trinajstić information content (AvgIpc) is 2.19. The third-order valence-corrected chi connectivity index (χ3v) is 7.60. The van der Waals surface area contributed by atoms with Crippen molar-refractivity contribution in [3.63, 3.8) is 0 Å². The van der Waals surface area contributed by atoms with Crippen LogP contribution in [0, 0.1) is 0 Å². The predicted molar refractivity (Wildman–Crippen MR) is 73.1 cm³/mol. The first-order valence-electron chi connectivity index (χ1n) is 5.56. The molecule has 14 heavy (non-hydrogen) atoms. The lowest BCUT2D eigenvalue weighted by Gasteiger charge is -2.08. The van der Waals surface area contributed by atoms with E-state index < -0.39 is 6.55 Å². The zero-order valence-corrected chi connectivity index (χ0v) is 11.9. The second-order valence-corrected chi connectivity index (χ2v) is 9.44. The van der Waals surface area contributed by atoms with Gasteiger partial charge in [0.05, 0.1) is 0 Å². The highest BCUT2D eigenvalue weighted by molar-refractivity contribution is 8.86. The number of rotatable bonds is 10. The maximum Gasteiger partial charge on any atom is 0.149 e. The molecule has 0 spiro atoms. The van der Waals surface area contributed by atoms with Crippen LogP contribution in [0.4, 0.5) is 0 Å². The molecule has 1 N–H and O–H groups in total. The van der Waals surface area contributed by atoms with Gasteiger partial charge in [-0.2, -0.15) is 0 Å². The largest absolute Gasteiger partial charge is 0.355 e. The van der Waals surface area contributed by atoms with Gasteiger partial charge in [0.1, 0.15) is 6.55 Å². The van der Waals surface area contributed by atoms with Gasteiger partial charge in [0.15, 0.2) is 0 Å². The zero-order chi connectivity index (χ0) is 10.6. The van der Waals surface area contributed by atoms with E-state index in [1.165, 1.54) is 38.5 Å². The molecule has 0 aromatic rings. The van der Waals surface area contributed by atoms with Gasteiger partial charge in [0.25, 0.3) is 0 Å². The highest BCUT2D eigenvalue weighted by atomic mass is 33.1. The summed E-state index contributed by atoms with van der Waals surface area (Å²) in [6.45, 7) is 3.65. The van der Waals surface area contributed by atoms with Crippen molar-refractivity contribution in [1.29, 1.82) is 0 Å². The molecule has 0 heterocycles. The Hall–Kier alpha value is 1.09. The Labute approximate surface area is 98.1 Å². The second kappa shape index (κ2) is 12.2. The maximum atomic E-state index is 9.64. The molecule has 0 aromatic heterocycles. The quantitative estimate of drug-likeness (QED) is 0.435. The zero-order valence-electron chi connectivity index (χ0n) is 9.37. The van der Waals surface area contributed by atoms with Crippen LogP contribution in [0.5, 0.6) is 0 Å². The topological polar surface area (TPSA) is 20.2 Å². The summed E-state index contributed by atoms with van der Waals surface area (Å²) in [5, 5.41) is 0. The van der Waals surface area contributed by atoms with Crippen LogP contribution >= 0.6 is 29.3 Å². The summed E-state index contributed by atoms with van der Waals surface area (Å²) >= 11 is 3.52. The van der Waals surface area contributed by atoms with E-state index in [1.54, 1.807) is 22.8 Å². The first-order chi connectivity index (χ1) is 6.81. The van der Waals surface area contributed by atoms with Crippen molar-refractivity contribution in [2.75, 3.05) is 11.5 Å². The minimum Gasteiger partial charge on any atom is -0.355 e. The molecule has 86 valence electrons. The van der Waals surface area contributed by atoms with E-state index >= 15 is 0 Å². The van der Waals surface area contributed by atoms with Crippen LogP contribution in [0.2, 0.25) is 0 Å². The monoisotopic (exact) mass is 254 g/mol. The van der Waals surface area contributed by atoms with Gasteiger partial charge in [0.2, 0.25) is 0 Å². The highest BCUT2D eigenvalue weighted by Crippen LogP contribution is 2.57. The summed E-state index contributed by atoms with van der Waals surface area (Å²) in [6, 6.07) is 0. The minimum absolute atomic E-state index is 0.780. The van der Waals surface area contributed by atoms with Gasteiger partial charge < -0.3 is 4.89 Å². The van der Waals surface area contributed by atoms with Crippen molar-refractivity contribution in [3.05, 3.63) is 0 Å². The smallest absolute Gasteiger partial charge is 0.149 e. The van der Waals surface area contributed by atoms with Crippen molar-refractivity contribution < 1.29 is 4.89 Å².